The molecule has 1 aliphatic heterocycles. The second kappa shape index (κ2) is 6.61. The topological polar surface area (TPSA) is 59.0 Å². The number of ether oxygens (including phenoxy) is 2. The molecule has 1 aromatic carbocycles. The van der Waals surface area contributed by atoms with Crippen LogP contribution >= 0.6 is 0 Å². The minimum Gasteiger partial charge on any atom is -0.497 e. The minimum absolute atomic E-state index is 0.260. The van der Waals surface area contributed by atoms with Crippen molar-refractivity contribution in [1.82, 2.24) is 4.90 Å². The molecule has 0 aromatic heterocycles. The third kappa shape index (κ3) is 3.63. The maximum atomic E-state index is 10.7. The van der Waals surface area contributed by atoms with Gasteiger partial charge in [0, 0.05) is 31.1 Å². The molecule has 0 saturated carbocycles. The van der Waals surface area contributed by atoms with Crippen molar-refractivity contribution in [3.8, 4) is 11.5 Å². The SMILES string of the molecule is COc1ccc(CN2CCC(CC(=O)O)C2)c(OC)c1. The highest BCUT2D eigenvalue weighted by molar-refractivity contribution is 5.67. The summed E-state index contributed by atoms with van der Waals surface area (Å²) < 4.78 is 10.6. The molecule has 1 aliphatic rings. The van der Waals surface area contributed by atoms with Gasteiger partial charge in [-0.1, -0.05) is 6.07 Å². The first-order valence-electron chi connectivity index (χ1n) is 6.77. The molecule has 0 amide bonds. The van der Waals surface area contributed by atoms with E-state index in [0.717, 1.165) is 43.1 Å². The number of carbonyl (C=O) groups is 1. The molecule has 0 spiro atoms. The molecule has 0 bridgehead atoms. The summed E-state index contributed by atoms with van der Waals surface area (Å²) in [6.45, 7) is 2.55. The third-order valence-corrected chi connectivity index (χ3v) is 3.72. The average Bonchev–Trinajstić information content (AvgIpc) is 2.85. The first kappa shape index (κ1) is 14.7. The molecule has 5 heteroatoms. The molecule has 5 nitrogen and oxygen atoms in total. The van der Waals surface area contributed by atoms with Gasteiger partial charge in [-0.05, 0) is 24.9 Å². The summed E-state index contributed by atoms with van der Waals surface area (Å²) in [7, 11) is 3.28. The van der Waals surface area contributed by atoms with E-state index in [1.165, 1.54) is 0 Å². The fourth-order valence-electron chi connectivity index (χ4n) is 2.69. The number of nitrogens with zero attached hydrogens (tertiary/aromatic N) is 1. The summed E-state index contributed by atoms with van der Waals surface area (Å²) in [6, 6.07) is 5.80. The number of benzene rings is 1. The predicted octanol–water partition coefficient (Wildman–Crippen LogP) is 2.00. The average molecular weight is 279 g/mol. The van der Waals surface area contributed by atoms with Crippen LogP contribution in [0.25, 0.3) is 0 Å². The van der Waals surface area contributed by atoms with Gasteiger partial charge in [-0.2, -0.15) is 0 Å². The van der Waals surface area contributed by atoms with Crippen LogP contribution in [0.4, 0.5) is 0 Å². The maximum absolute atomic E-state index is 10.7. The molecular formula is C15H21NO4. The Morgan fingerprint density at radius 2 is 2.20 bits per heavy atom. The van der Waals surface area contributed by atoms with Crippen LogP contribution in [0.15, 0.2) is 18.2 Å². The number of hydrogen-bond donors (Lipinski definition) is 1. The molecule has 110 valence electrons. The van der Waals surface area contributed by atoms with E-state index in [1.807, 2.05) is 18.2 Å². The highest BCUT2D eigenvalue weighted by Gasteiger charge is 2.25. The Labute approximate surface area is 119 Å². The Hall–Kier alpha value is -1.75. The zero-order chi connectivity index (χ0) is 14.5. The van der Waals surface area contributed by atoms with Gasteiger partial charge < -0.3 is 14.6 Å². The molecular weight excluding hydrogens is 258 g/mol. The molecule has 0 aliphatic carbocycles. The number of aliphatic carboxylic acids is 1. The largest absolute Gasteiger partial charge is 0.497 e. The molecule has 1 heterocycles. The van der Waals surface area contributed by atoms with E-state index in [9.17, 15) is 4.79 Å². The van der Waals surface area contributed by atoms with Gasteiger partial charge in [-0.3, -0.25) is 9.69 Å². The van der Waals surface area contributed by atoms with Gasteiger partial charge in [-0.15, -0.1) is 0 Å². The number of hydrogen-bond acceptors (Lipinski definition) is 4. The second-order valence-electron chi connectivity index (χ2n) is 5.17. The molecule has 1 aromatic rings. The van der Waals surface area contributed by atoms with Gasteiger partial charge in [0.1, 0.15) is 11.5 Å². The fraction of sp³-hybridized carbons (Fsp3) is 0.533. The van der Waals surface area contributed by atoms with Gasteiger partial charge in [-0.25, -0.2) is 0 Å². The van der Waals surface area contributed by atoms with Crippen molar-refractivity contribution in [3.63, 3.8) is 0 Å². The van der Waals surface area contributed by atoms with E-state index in [4.69, 9.17) is 14.6 Å². The Bertz CT molecular complexity index is 475. The number of methoxy groups -OCH3 is 2. The van der Waals surface area contributed by atoms with Crippen LogP contribution in [0.2, 0.25) is 0 Å². The van der Waals surface area contributed by atoms with E-state index in [2.05, 4.69) is 4.90 Å². The zero-order valence-corrected chi connectivity index (χ0v) is 12.0. The number of carboxylic acids is 1. The quantitative estimate of drug-likeness (QED) is 0.863. The zero-order valence-electron chi connectivity index (χ0n) is 12.0. The predicted molar refractivity (Wildman–Crippen MR) is 75.2 cm³/mol. The summed E-state index contributed by atoms with van der Waals surface area (Å²) in [4.78, 5) is 13.0. The standard InChI is InChI=1S/C15H21NO4/c1-19-13-4-3-12(14(8-13)20-2)10-16-6-5-11(9-16)7-15(17)18/h3-4,8,11H,5-7,9-10H2,1-2H3,(H,17,18). The van der Waals surface area contributed by atoms with Crippen molar-refractivity contribution < 1.29 is 19.4 Å². The normalized spacial score (nSPS) is 19.0. The molecule has 1 fully saturated rings. The Kier molecular flexibility index (Phi) is 4.84. The van der Waals surface area contributed by atoms with E-state index in [0.29, 0.717) is 0 Å². The van der Waals surface area contributed by atoms with Crippen molar-refractivity contribution in [2.24, 2.45) is 5.92 Å². The Morgan fingerprint density at radius 1 is 1.40 bits per heavy atom. The first-order chi connectivity index (χ1) is 9.62. The maximum Gasteiger partial charge on any atom is 0.303 e. The monoisotopic (exact) mass is 279 g/mol. The fourth-order valence-corrected chi connectivity index (χ4v) is 2.69. The van der Waals surface area contributed by atoms with Crippen molar-refractivity contribution in [2.45, 2.75) is 19.4 Å². The van der Waals surface area contributed by atoms with Crippen LogP contribution in [-0.2, 0) is 11.3 Å². The van der Waals surface area contributed by atoms with Gasteiger partial charge in [0.2, 0.25) is 0 Å². The highest BCUT2D eigenvalue weighted by atomic mass is 16.5. The van der Waals surface area contributed by atoms with Crippen LogP contribution in [0, 0.1) is 5.92 Å². The number of rotatable bonds is 6. The molecule has 1 unspecified atom stereocenters. The highest BCUT2D eigenvalue weighted by Crippen LogP contribution is 2.28. The smallest absolute Gasteiger partial charge is 0.303 e. The van der Waals surface area contributed by atoms with Crippen molar-refractivity contribution in [2.75, 3.05) is 27.3 Å². The minimum atomic E-state index is -0.709. The molecule has 1 atom stereocenters. The summed E-state index contributed by atoms with van der Waals surface area (Å²) in [5.74, 6) is 1.14. The van der Waals surface area contributed by atoms with E-state index in [-0.39, 0.29) is 12.3 Å². The van der Waals surface area contributed by atoms with Crippen molar-refractivity contribution in [1.29, 1.82) is 0 Å². The lowest BCUT2D eigenvalue weighted by molar-refractivity contribution is -0.138. The Balaban J connectivity index is 1.98. The molecule has 20 heavy (non-hydrogen) atoms. The van der Waals surface area contributed by atoms with Gasteiger partial charge >= 0.3 is 5.97 Å². The first-order valence-corrected chi connectivity index (χ1v) is 6.77. The summed E-state index contributed by atoms with van der Waals surface area (Å²) in [5, 5.41) is 8.84. The summed E-state index contributed by atoms with van der Waals surface area (Å²) >= 11 is 0. The molecule has 1 saturated heterocycles. The van der Waals surface area contributed by atoms with Gasteiger partial charge in [0.25, 0.3) is 0 Å². The van der Waals surface area contributed by atoms with Crippen LogP contribution in [0.5, 0.6) is 11.5 Å². The van der Waals surface area contributed by atoms with Crippen LogP contribution in [0.1, 0.15) is 18.4 Å². The van der Waals surface area contributed by atoms with E-state index in [1.54, 1.807) is 14.2 Å². The summed E-state index contributed by atoms with van der Waals surface area (Å²) in [5.41, 5.74) is 1.10. The molecule has 0 radical (unpaired) electrons. The van der Waals surface area contributed by atoms with Crippen molar-refractivity contribution in [3.05, 3.63) is 23.8 Å². The Morgan fingerprint density at radius 3 is 2.85 bits per heavy atom. The number of likely N-dealkylation sites (tertiary alicyclic amines) is 1. The molecule has 1 N–H and O–H groups in total. The van der Waals surface area contributed by atoms with Gasteiger partial charge in [0.05, 0.1) is 14.2 Å². The lowest BCUT2D eigenvalue weighted by atomic mass is 10.1. The van der Waals surface area contributed by atoms with Crippen LogP contribution in [0.3, 0.4) is 0 Å². The van der Waals surface area contributed by atoms with Crippen molar-refractivity contribution >= 4 is 5.97 Å². The third-order valence-electron chi connectivity index (χ3n) is 3.72. The number of carboxylic acid groups (broad SMARTS) is 1. The molecule has 2 rings (SSSR count). The van der Waals surface area contributed by atoms with E-state index < -0.39 is 5.97 Å². The van der Waals surface area contributed by atoms with E-state index >= 15 is 0 Å². The van der Waals surface area contributed by atoms with Crippen LogP contribution < -0.4 is 9.47 Å². The summed E-state index contributed by atoms with van der Waals surface area (Å²) in [6.07, 6.45) is 1.21. The van der Waals surface area contributed by atoms with Crippen LogP contribution in [-0.4, -0.2) is 43.3 Å². The second-order valence-corrected chi connectivity index (χ2v) is 5.17. The van der Waals surface area contributed by atoms with Gasteiger partial charge in [0.15, 0.2) is 0 Å². The lowest BCUT2D eigenvalue weighted by Gasteiger charge is -2.18. The lowest BCUT2D eigenvalue weighted by Crippen LogP contribution is -2.21.